The van der Waals surface area contributed by atoms with Crippen molar-refractivity contribution in [2.24, 2.45) is 0 Å². The second-order valence-corrected chi connectivity index (χ2v) is 2.12. The Morgan fingerprint density at radius 3 is 2.50 bits per heavy atom. The first-order chi connectivity index (χ1) is 5.72. The van der Waals surface area contributed by atoms with Gasteiger partial charge in [-0.25, -0.2) is 0 Å². The maximum Gasteiger partial charge on any atom is 0.707 e. The predicted molar refractivity (Wildman–Crippen MR) is 43.8 cm³/mol. The third-order valence-corrected chi connectivity index (χ3v) is 1.28. The van der Waals surface area contributed by atoms with Crippen molar-refractivity contribution in [2.75, 3.05) is 7.11 Å². The average Bonchev–Trinajstić information content (AvgIpc) is 2.03. The summed E-state index contributed by atoms with van der Waals surface area (Å²) < 4.78 is 9.48. The molecular formula is C7H9BO4. The van der Waals surface area contributed by atoms with Crippen molar-refractivity contribution in [2.45, 2.75) is 0 Å². The van der Waals surface area contributed by atoms with Gasteiger partial charge in [0, 0.05) is 6.07 Å². The van der Waals surface area contributed by atoms with Crippen LogP contribution in [-0.4, -0.2) is 24.5 Å². The molecule has 64 valence electrons. The summed E-state index contributed by atoms with van der Waals surface area (Å²) in [4.78, 5) is 0. The molecule has 0 aliphatic rings. The van der Waals surface area contributed by atoms with Crippen LogP contribution < -0.4 is 9.39 Å². The normalized spacial score (nSPS) is 9.25. The third-order valence-electron chi connectivity index (χ3n) is 1.28. The molecule has 0 fully saturated rings. The zero-order chi connectivity index (χ0) is 8.97. The predicted octanol–water partition coefficient (Wildman–Crippen LogP) is 0.0435. The van der Waals surface area contributed by atoms with Crippen molar-refractivity contribution >= 4 is 7.32 Å². The lowest BCUT2D eigenvalue weighted by atomic mass is 10.2. The molecule has 1 aromatic carbocycles. The third kappa shape index (κ3) is 2.45. The van der Waals surface area contributed by atoms with Gasteiger partial charge in [0.2, 0.25) is 0 Å². The minimum Gasteiger partial charge on any atom is -0.512 e. The zero-order valence-electron chi connectivity index (χ0n) is 6.60. The van der Waals surface area contributed by atoms with Crippen molar-refractivity contribution in [3.8, 4) is 11.5 Å². The van der Waals surface area contributed by atoms with Crippen molar-refractivity contribution < 1.29 is 19.4 Å². The van der Waals surface area contributed by atoms with Gasteiger partial charge in [0.05, 0.1) is 7.11 Å². The summed E-state index contributed by atoms with van der Waals surface area (Å²) in [7, 11) is -0.272. The van der Waals surface area contributed by atoms with Gasteiger partial charge in [-0.2, -0.15) is 0 Å². The Morgan fingerprint density at radius 1 is 1.25 bits per heavy atom. The van der Waals surface area contributed by atoms with Crippen LogP contribution in [-0.2, 0) is 0 Å². The Labute approximate surface area is 70.5 Å². The van der Waals surface area contributed by atoms with Gasteiger partial charge in [-0.05, 0) is 12.1 Å². The number of methoxy groups -OCH3 is 1. The smallest absolute Gasteiger partial charge is 0.512 e. The molecule has 0 bridgehead atoms. The van der Waals surface area contributed by atoms with Crippen LogP contribution in [0.2, 0.25) is 0 Å². The Morgan fingerprint density at radius 2 is 1.92 bits per heavy atom. The van der Waals surface area contributed by atoms with E-state index in [2.05, 4.69) is 4.65 Å². The van der Waals surface area contributed by atoms with Gasteiger partial charge in [-0.1, -0.05) is 6.07 Å². The fraction of sp³-hybridized carbons (Fsp3) is 0.143. The number of ether oxygens (including phenoxy) is 1. The zero-order valence-corrected chi connectivity index (χ0v) is 6.60. The van der Waals surface area contributed by atoms with E-state index in [1.807, 2.05) is 0 Å². The van der Waals surface area contributed by atoms with Crippen LogP contribution in [0.1, 0.15) is 0 Å². The Hall–Kier alpha value is -1.20. The molecule has 1 rings (SSSR count). The molecule has 0 aliphatic carbocycles. The Kier molecular flexibility index (Phi) is 2.96. The number of hydrogen-bond donors (Lipinski definition) is 2. The fourth-order valence-electron chi connectivity index (χ4n) is 0.796. The van der Waals surface area contributed by atoms with Gasteiger partial charge >= 0.3 is 7.32 Å². The summed E-state index contributed by atoms with van der Waals surface area (Å²) in [5.74, 6) is 0.956. The molecule has 0 spiro atoms. The molecule has 0 aliphatic heterocycles. The van der Waals surface area contributed by atoms with Crippen molar-refractivity contribution in [1.82, 2.24) is 0 Å². The highest BCUT2D eigenvalue weighted by atomic mass is 16.6. The van der Waals surface area contributed by atoms with E-state index >= 15 is 0 Å². The lowest BCUT2D eigenvalue weighted by molar-refractivity contribution is 0.287. The first kappa shape index (κ1) is 8.90. The largest absolute Gasteiger partial charge is 0.707 e. The molecule has 1 aromatic rings. The summed E-state index contributed by atoms with van der Waals surface area (Å²) in [6.45, 7) is 0. The molecule has 5 heteroatoms. The molecule has 0 amide bonds. The van der Waals surface area contributed by atoms with E-state index in [4.69, 9.17) is 14.8 Å². The van der Waals surface area contributed by atoms with Gasteiger partial charge < -0.3 is 19.4 Å². The van der Waals surface area contributed by atoms with Crippen molar-refractivity contribution in [3.05, 3.63) is 24.3 Å². The second-order valence-electron chi connectivity index (χ2n) is 2.12. The van der Waals surface area contributed by atoms with E-state index in [1.54, 1.807) is 24.3 Å². The van der Waals surface area contributed by atoms with E-state index in [-0.39, 0.29) is 0 Å². The molecule has 0 aromatic heterocycles. The van der Waals surface area contributed by atoms with Gasteiger partial charge in [-0.15, -0.1) is 0 Å². The molecule has 0 radical (unpaired) electrons. The summed E-state index contributed by atoms with van der Waals surface area (Å²) in [6.07, 6.45) is 0. The summed E-state index contributed by atoms with van der Waals surface area (Å²) in [5, 5.41) is 16.9. The van der Waals surface area contributed by atoms with Crippen LogP contribution in [0.15, 0.2) is 24.3 Å². The highest BCUT2D eigenvalue weighted by molar-refractivity contribution is 6.33. The topological polar surface area (TPSA) is 58.9 Å². The molecule has 0 unspecified atom stereocenters. The first-order valence-electron chi connectivity index (χ1n) is 3.39. The summed E-state index contributed by atoms with van der Waals surface area (Å²) in [5.41, 5.74) is 0. The molecule has 2 N–H and O–H groups in total. The van der Waals surface area contributed by atoms with Gasteiger partial charge in [0.15, 0.2) is 0 Å². The minimum absolute atomic E-state index is 0.351. The number of hydrogen-bond acceptors (Lipinski definition) is 4. The van der Waals surface area contributed by atoms with Crippen LogP contribution >= 0.6 is 0 Å². The van der Waals surface area contributed by atoms with Crippen LogP contribution in [0.3, 0.4) is 0 Å². The molecular weight excluding hydrogens is 159 g/mol. The summed E-state index contributed by atoms with van der Waals surface area (Å²) >= 11 is 0. The average molecular weight is 168 g/mol. The highest BCUT2D eigenvalue weighted by Gasteiger charge is 2.10. The monoisotopic (exact) mass is 168 g/mol. The Bertz CT molecular complexity index is 251. The van der Waals surface area contributed by atoms with Crippen molar-refractivity contribution in [3.63, 3.8) is 0 Å². The van der Waals surface area contributed by atoms with Gasteiger partial charge in [0.25, 0.3) is 0 Å². The molecule has 12 heavy (non-hydrogen) atoms. The van der Waals surface area contributed by atoms with Gasteiger partial charge in [0.1, 0.15) is 11.5 Å². The van der Waals surface area contributed by atoms with Crippen molar-refractivity contribution in [1.29, 1.82) is 0 Å². The summed E-state index contributed by atoms with van der Waals surface area (Å²) in [6, 6.07) is 6.58. The molecule has 0 heterocycles. The maximum absolute atomic E-state index is 8.46. The number of benzene rings is 1. The molecule has 0 saturated carbocycles. The number of rotatable bonds is 3. The molecule has 4 nitrogen and oxygen atoms in total. The van der Waals surface area contributed by atoms with E-state index < -0.39 is 7.32 Å². The lowest BCUT2D eigenvalue weighted by Gasteiger charge is -2.05. The van der Waals surface area contributed by atoms with E-state index in [0.29, 0.717) is 11.5 Å². The van der Waals surface area contributed by atoms with E-state index in [1.165, 1.54) is 7.11 Å². The van der Waals surface area contributed by atoms with Crippen LogP contribution in [0.25, 0.3) is 0 Å². The van der Waals surface area contributed by atoms with Crippen LogP contribution in [0.5, 0.6) is 11.5 Å². The SMILES string of the molecule is COc1cccc(OB(O)O)c1. The standard InChI is InChI=1S/C7H9BO4/c1-11-6-3-2-4-7(5-6)12-8(9)10/h2-5,9-10H,1H3. The van der Waals surface area contributed by atoms with Gasteiger partial charge in [-0.3, -0.25) is 0 Å². The van der Waals surface area contributed by atoms with E-state index in [0.717, 1.165) is 0 Å². The highest BCUT2D eigenvalue weighted by Crippen LogP contribution is 2.18. The second kappa shape index (κ2) is 3.99. The van der Waals surface area contributed by atoms with E-state index in [9.17, 15) is 0 Å². The lowest BCUT2D eigenvalue weighted by Crippen LogP contribution is -2.20. The Balaban J connectivity index is 2.72. The fourth-order valence-corrected chi connectivity index (χ4v) is 0.796. The molecule has 0 atom stereocenters. The van der Waals surface area contributed by atoms with Crippen LogP contribution in [0, 0.1) is 0 Å². The maximum atomic E-state index is 8.46. The minimum atomic E-state index is -1.79. The first-order valence-corrected chi connectivity index (χ1v) is 3.39. The molecule has 0 saturated heterocycles. The quantitative estimate of drug-likeness (QED) is 0.625. The van der Waals surface area contributed by atoms with Crippen LogP contribution in [0.4, 0.5) is 0 Å².